The van der Waals surface area contributed by atoms with Crippen molar-refractivity contribution >= 4 is 17.6 Å². The molecule has 2 aromatic rings. The molecule has 0 aliphatic rings. The number of nitrogens with zero attached hydrogens (tertiary/aromatic N) is 3. The zero-order valence-electron chi connectivity index (χ0n) is 15.7. The first-order valence-electron chi connectivity index (χ1n) is 8.69. The number of hydrogen-bond donors (Lipinski definition) is 2. The van der Waals surface area contributed by atoms with E-state index in [9.17, 15) is 0 Å². The van der Waals surface area contributed by atoms with E-state index in [1.165, 1.54) is 11.3 Å². The van der Waals surface area contributed by atoms with Crippen molar-refractivity contribution in [3.63, 3.8) is 0 Å². The third kappa shape index (κ3) is 5.23. The van der Waals surface area contributed by atoms with E-state index in [1.54, 1.807) is 0 Å². The van der Waals surface area contributed by atoms with Crippen LogP contribution in [0.5, 0.6) is 0 Å². The predicted octanol–water partition coefficient (Wildman–Crippen LogP) is 3.38. The van der Waals surface area contributed by atoms with Gasteiger partial charge in [-0.1, -0.05) is 29.8 Å². The zero-order valence-corrected chi connectivity index (χ0v) is 16.5. The quantitative estimate of drug-likeness (QED) is 0.612. The highest BCUT2D eigenvalue weighted by Crippen LogP contribution is 2.16. The molecular formula is C19H28ClN5. The molecule has 1 unspecified atom stereocenters. The molecule has 0 amide bonds. The molecule has 0 aliphatic carbocycles. The Hall–Kier alpha value is -2.01. The van der Waals surface area contributed by atoms with Crippen LogP contribution in [0, 0.1) is 13.8 Å². The number of aromatic nitrogens is 2. The van der Waals surface area contributed by atoms with E-state index in [0.29, 0.717) is 6.54 Å². The summed E-state index contributed by atoms with van der Waals surface area (Å²) in [6.45, 7) is 9.75. The molecule has 2 N–H and O–H groups in total. The van der Waals surface area contributed by atoms with Gasteiger partial charge in [-0.3, -0.25) is 4.68 Å². The Labute approximate surface area is 155 Å². The van der Waals surface area contributed by atoms with Crippen LogP contribution in [0.2, 0.25) is 5.02 Å². The third-order valence-corrected chi connectivity index (χ3v) is 4.63. The Morgan fingerprint density at radius 3 is 2.64 bits per heavy atom. The Kier molecular flexibility index (Phi) is 6.88. The molecule has 1 atom stereocenters. The molecule has 6 heteroatoms. The van der Waals surface area contributed by atoms with Crippen LogP contribution in [0.1, 0.15) is 36.4 Å². The predicted molar refractivity (Wildman–Crippen MR) is 105 cm³/mol. The van der Waals surface area contributed by atoms with Crippen LogP contribution < -0.4 is 10.6 Å². The van der Waals surface area contributed by atoms with Crippen molar-refractivity contribution < 1.29 is 0 Å². The van der Waals surface area contributed by atoms with Gasteiger partial charge in [0.1, 0.15) is 0 Å². The van der Waals surface area contributed by atoms with E-state index >= 15 is 0 Å². The monoisotopic (exact) mass is 361 g/mol. The molecule has 25 heavy (non-hydrogen) atoms. The highest BCUT2D eigenvalue weighted by molar-refractivity contribution is 6.31. The van der Waals surface area contributed by atoms with Gasteiger partial charge in [0.05, 0.1) is 12.2 Å². The standard InChI is InChI=1S/C19H28ClN5/c1-6-21-19(22-12-16-9-7-8-10-18(16)20)23-13(2)11-17-14(3)24-25(5)15(17)4/h7-10,13H,6,11-12H2,1-5H3,(H2,21,22,23). The Bertz CT molecular complexity index is 735. The Morgan fingerprint density at radius 2 is 2.04 bits per heavy atom. The van der Waals surface area contributed by atoms with E-state index in [0.717, 1.165) is 35.2 Å². The molecule has 5 nitrogen and oxygen atoms in total. The van der Waals surface area contributed by atoms with Crippen LogP contribution in [0.25, 0.3) is 0 Å². The highest BCUT2D eigenvalue weighted by Gasteiger charge is 2.14. The van der Waals surface area contributed by atoms with Gasteiger partial charge in [0.15, 0.2) is 5.96 Å². The van der Waals surface area contributed by atoms with Crippen molar-refractivity contribution in [1.29, 1.82) is 0 Å². The Balaban J connectivity index is 2.05. The van der Waals surface area contributed by atoms with Crippen molar-refractivity contribution in [3.05, 3.63) is 51.8 Å². The topological polar surface area (TPSA) is 54.2 Å². The number of halogens is 1. The van der Waals surface area contributed by atoms with Gasteiger partial charge < -0.3 is 10.6 Å². The molecule has 0 saturated heterocycles. The summed E-state index contributed by atoms with van der Waals surface area (Å²) in [5.41, 5.74) is 4.62. The summed E-state index contributed by atoms with van der Waals surface area (Å²) in [6, 6.07) is 8.04. The van der Waals surface area contributed by atoms with E-state index in [4.69, 9.17) is 11.6 Å². The first kappa shape index (κ1) is 19.3. The lowest BCUT2D eigenvalue weighted by atomic mass is 10.1. The largest absolute Gasteiger partial charge is 0.357 e. The molecule has 1 aromatic carbocycles. The maximum Gasteiger partial charge on any atom is 0.191 e. The van der Waals surface area contributed by atoms with Gasteiger partial charge in [0, 0.05) is 30.4 Å². The lowest BCUT2D eigenvalue weighted by Gasteiger charge is -2.18. The summed E-state index contributed by atoms with van der Waals surface area (Å²) >= 11 is 6.22. The fraction of sp³-hybridized carbons (Fsp3) is 0.474. The van der Waals surface area contributed by atoms with Crippen molar-refractivity contribution in [1.82, 2.24) is 20.4 Å². The zero-order chi connectivity index (χ0) is 18.4. The number of nitrogens with one attached hydrogen (secondary N) is 2. The first-order chi connectivity index (χ1) is 11.9. The van der Waals surface area contributed by atoms with Gasteiger partial charge in [-0.25, -0.2) is 4.99 Å². The summed E-state index contributed by atoms with van der Waals surface area (Å²) < 4.78 is 1.94. The maximum atomic E-state index is 6.22. The molecule has 2 rings (SSSR count). The minimum atomic E-state index is 0.241. The minimum Gasteiger partial charge on any atom is -0.357 e. The average Bonchev–Trinajstić information content (AvgIpc) is 2.80. The second-order valence-electron chi connectivity index (χ2n) is 6.31. The number of hydrogen-bond acceptors (Lipinski definition) is 2. The molecule has 0 fully saturated rings. The van der Waals surface area contributed by atoms with E-state index in [1.807, 2.05) is 36.0 Å². The summed E-state index contributed by atoms with van der Waals surface area (Å²) in [5, 5.41) is 12.0. The van der Waals surface area contributed by atoms with E-state index in [2.05, 4.69) is 48.4 Å². The first-order valence-corrected chi connectivity index (χ1v) is 9.07. The average molecular weight is 362 g/mol. The van der Waals surface area contributed by atoms with Crippen LogP contribution in [-0.2, 0) is 20.0 Å². The number of benzene rings is 1. The van der Waals surface area contributed by atoms with E-state index < -0.39 is 0 Å². The lowest BCUT2D eigenvalue weighted by molar-refractivity contribution is 0.636. The molecule has 1 aromatic heterocycles. The molecule has 0 aliphatic heterocycles. The summed E-state index contributed by atoms with van der Waals surface area (Å²) in [7, 11) is 1.99. The van der Waals surface area contributed by atoms with Gasteiger partial charge in [-0.15, -0.1) is 0 Å². The van der Waals surface area contributed by atoms with Gasteiger partial charge in [-0.2, -0.15) is 5.10 Å². The van der Waals surface area contributed by atoms with Crippen LogP contribution in [0.15, 0.2) is 29.3 Å². The molecule has 0 saturated carbocycles. The maximum absolute atomic E-state index is 6.22. The van der Waals surface area contributed by atoms with Gasteiger partial charge >= 0.3 is 0 Å². The summed E-state index contributed by atoms with van der Waals surface area (Å²) in [6.07, 6.45) is 0.905. The highest BCUT2D eigenvalue weighted by atomic mass is 35.5. The smallest absolute Gasteiger partial charge is 0.191 e. The summed E-state index contributed by atoms with van der Waals surface area (Å²) in [4.78, 5) is 4.67. The lowest BCUT2D eigenvalue weighted by Crippen LogP contribution is -2.43. The van der Waals surface area contributed by atoms with Crippen molar-refractivity contribution in [2.75, 3.05) is 6.54 Å². The van der Waals surface area contributed by atoms with Gasteiger partial charge in [0.25, 0.3) is 0 Å². The third-order valence-electron chi connectivity index (χ3n) is 4.26. The molecule has 1 heterocycles. The second-order valence-corrected chi connectivity index (χ2v) is 6.72. The normalized spacial score (nSPS) is 13.0. The van der Waals surface area contributed by atoms with Crippen LogP contribution in [0.4, 0.5) is 0 Å². The van der Waals surface area contributed by atoms with Crippen LogP contribution in [0.3, 0.4) is 0 Å². The fourth-order valence-electron chi connectivity index (χ4n) is 2.81. The van der Waals surface area contributed by atoms with Gasteiger partial charge in [0.2, 0.25) is 0 Å². The fourth-order valence-corrected chi connectivity index (χ4v) is 3.01. The second kappa shape index (κ2) is 8.90. The van der Waals surface area contributed by atoms with Crippen LogP contribution >= 0.6 is 11.6 Å². The van der Waals surface area contributed by atoms with Crippen LogP contribution in [-0.4, -0.2) is 28.3 Å². The SMILES string of the molecule is CCNC(=NCc1ccccc1Cl)NC(C)Cc1c(C)nn(C)c1C. The summed E-state index contributed by atoms with van der Waals surface area (Å²) in [5.74, 6) is 0.800. The number of aliphatic imine (C=N–C) groups is 1. The molecule has 0 bridgehead atoms. The number of rotatable bonds is 6. The van der Waals surface area contributed by atoms with Crippen molar-refractivity contribution in [2.45, 2.75) is 46.7 Å². The van der Waals surface area contributed by atoms with Crippen molar-refractivity contribution in [2.24, 2.45) is 12.0 Å². The van der Waals surface area contributed by atoms with Gasteiger partial charge in [-0.05, 0) is 51.3 Å². The van der Waals surface area contributed by atoms with E-state index in [-0.39, 0.29) is 6.04 Å². The Morgan fingerprint density at radius 1 is 1.32 bits per heavy atom. The minimum absolute atomic E-state index is 0.241. The number of aryl methyl sites for hydroxylation is 2. The molecule has 136 valence electrons. The van der Waals surface area contributed by atoms with Crippen molar-refractivity contribution in [3.8, 4) is 0 Å². The molecular weight excluding hydrogens is 334 g/mol. The molecule has 0 radical (unpaired) electrons. The molecule has 0 spiro atoms. The number of guanidine groups is 1.